The summed E-state index contributed by atoms with van der Waals surface area (Å²) in [5.41, 5.74) is 0. The molecule has 0 radical (unpaired) electrons. The van der Waals surface area contributed by atoms with Crippen LogP contribution in [-0.2, 0) is 19.1 Å². The van der Waals surface area contributed by atoms with Crippen molar-refractivity contribution in [2.24, 2.45) is 11.8 Å². The highest BCUT2D eigenvalue weighted by molar-refractivity contribution is 5.70. The highest BCUT2D eigenvalue weighted by atomic mass is 16.6. The Kier molecular flexibility index (Phi) is 35.3. The molecular weight excluding hydrogens is 584 g/mol. The van der Waals surface area contributed by atoms with Gasteiger partial charge in [0.2, 0.25) is 0 Å². The Morgan fingerprint density at radius 1 is 0.489 bits per heavy atom. The van der Waals surface area contributed by atoms with E-state index in [1.54, 1.807) is 0 Å². The zero-order chi connectivity index (χ0) is 34.6. The lowest BCUT2D eigenvalue weighted by atomic mass is 9.99. The SMILES string of the molecule is CCC(C)CCCCCCCCCCCCCCCCCCCCC(=O)OC[C@H](CO)OC(=O)CCCCCCCCCCC(C)C. The molecule has 47 heavy (non-hydrogen) atoms. The van der Waals surface area contributed by atoms with Gasteiger partial charge >= 0.3 is 11.9 Å². The molecule has 2 atom stereocenters. The van der Waals surface area contributed by atoms with E-state index in [0.29, 0.717) is 12.8 Å². The van der Waals surface area contributed by atoms with Gasteiger partial charge in [0, 0.05) is 12.8 Å². The van der Waals surface area contributed by atoms with Crippen LogP contribution in [0.3, 0.4) is 0 Å². The van der Waals surface area contributed by atoms with E-state index in [9.17, 15) is 14.7 Å². The van der Waals surface area contributed by atoms with Gasteiger partial charge in [-0.25, -0.2) is 0 Å². The van der Waals surface area contributed by atoms with Crippen molar-refractivity contribution < 1.29 is 24.2 Å². The number of unbranched alkanes of at least 4 members (excludes halogenated alkanes) is 24. The van der Waals surface area contributed by atoms with Crippen LogP contribution >= 0.6 is 0 Å². The lowest BCUT2D eigenvalue weighted by Crippen LogP contribution is -2.28. The number of aliphatic hydroxyl groups is 1. The van der Waals surface area contributed by atoms with Crippen molar-refractivity contribution in [3.8, 4) is 0 Å². The van der Waals surface area contributed by atoms with Crippen LogP contribution in [0.25, 0.3) is 0 Å². The van der Waals surface area contributed by atoms with Crippen LogP contribution in [0.5, 0.6) is 0 Å². The number of hydrogen-bond acceptors (Lipinski definition) is 5. The molecule has 0 amide bonds. The van der Waals surface area contributed by atoms with Gasteiger partial charge in [-0.05, 0) is 24.7 Å². The summed E-state index contributed by atoms with van der Waals surface area (Å²) in [6.07, 6.45) is 37.5. The fourth-order valence-corrected chi connectivity index (χ4v) is 6.30. The quantitative estimate of drug-likeness (QED) is 0.0527. The number of esters is 2. The number of aliphatic hydroxyl groups excluding tert-OH is 1. The van der Waals surface area contributed by atoms with Crippen LogP contribution in [0.1, 0.15) is 227 Å². The fourth-order valence-electron chi connectivity index (χ4n) is 6.30. The van der Waals surface area contributed by atoms with E-state index in [1.807, 2.05) is 0 Å². The molecule has 280 valence electrons. The minimum Gasteiger partial charge on any atom is -0.462 e. The molecular formula is C42H82O5. The molecule has 0 bridgehead atoms. The van der Waals surface area contributed by atoms with Crippen molar-refractivity contribution >= 4 is 11.9 Å². The molecule has 0 aromatic carbocycles. The maximum Gasteiger partial charge on any atom is 0.306 e. The van der Waals surface area contributed by atoms with Crippen molar-refractivity contribution in [2.75, 3.05) is 13.2 Å². The molecule has 5 heteroatoms. The van der Waals surface area contributed by atoms with Crippen LogP contribution < -0.4 is 0 Å². The molecule has 1 N–H and O–H groups in total. The van der Waals surface area contributed by atoms with Crippen molar-refractivity contribution in [2.45, 2.75) is 233 Å². The summed E-state index contributed by atoms with van der Waals surface area (Å²) >= 11 is 0. The van der Waals surface area contributed by atoms with Crippen LogP contribution in [0.2, 0.25) is 0 Å². The first-order valence-corrected chi connectivity index (χ1v) is 20.8. The number of ether oxygens (including phenoxy) is 2. The molecule has 0 aliphatic rings. The summed E-state index contributed by atoms with van der Waals surface area (Å²) in [6, 6.07) is 0. The highest BCUT2D eigenvalue weighted by Gasteiger charge is 2.16. The van der Waals surface area contributed by atoms with E-state index in [0.717, 1.165) is 43.9 Å². The summed E-state index contributed by atoms with van der Waals surface area (Å²) in [5.74, 6) is 1.14. The maximum absolute atomic E-state index is 12.1. The molecule has 0 aliphatic carbocycles. The second kappa shape index (κ2) is 36.2. The maximum atomic E-state index is 12.1. The van der Waals surface area contributed by atoms with E-state index >= 15 is 0 Å². The topological polar surface area (TPSA) is 72.8 Å². The van der Waals surface area contributed by atoms with Gasteiger partial charge in [0.1, 0.15) is 6.61 Å². The van der Waals surface area contributed by atoms with Gasteiger partial charge in [0.05, 0.1) is 6.61 Å². The second-order valence-electron chi connectivity index (χ2n) is 15.2. The third-order valence-electron chi connectivity index (χ3n) is 9.87. The molecule has 5 nitrogen and oxygen atoms in total. The van der Waals surface area contributed by atoms with Gasteiger partial charge in [-0.1, -0.05) is 201 Å². The minimum absolute atomic E-state index is 0.0589. The van der Waals surface area contributed by atoms with Gasteiger partial charge in [-0.2, -0.15) is 0 Å². The Hall–Kier alpha value is -1.10. The lowest BCUT2D eigenvalue weighted by molar-refractivity contribution is -0.161. The monoisotopic (exact) mass is 667 g/mol. The van der Waals surface area contributed by atoms with E-state index < -0.39 is 6.10 Å². The molecule has 0 saturated carbocycles. The van der Waals surface area contributed by atoms with Gasteiger partial charge in [-0.15, -0.1) is 0 Å². The normalized spacial score (nSPS) is 12.8. The van der Waals surface area contributed by atoms with Gasteiger partial charge in [0.25, 0.3) is 0 Å². The van der Waals surface area contributed by atoms with Crippen LogP contribution in [0.15, 0.2) is 0 Å². The van der Waals surface area contributed by atoms with Crippen molar-refractivity contribution in [1.29, 1.82) is 0 Å². The standard InChI is InChI=1S/C42H82O5/c1-5-39(4)33-29-25-21-16-14-12-10-8-6-7-9-11-13-15-17-22-26-30-34-41(44)46-37-40(36-43)47-42(45)35-31-27-23-19-18-20-24-28-32-38(2)3/h38-40,43H,5-37H2,1-4H3/t39?,40-/m0/s1. The first-order chi connectivity index (χ1) is 22.9. The summed E-state index contributed by atoms with van der Waals surface area (Å²) in [4.78, 5) is 24.2. The molecule has 0 aromatic heterocycles. The van der Waals surface area contributed by atoms with E-state index in [4.69, 9.17) is 9.47 Å². The fraction of sp³-hybridized carbons (Fsp3) is 0.952. The number of hydrogen-bond donors (Lipinski definition) is 1. The summed E-state index contributed by atoms with van der Waals surface area (Å²) in [7, 11) is 0. The van der Waals surface area contributed by atoms with Crippen LogP contribution in [-0.4, -0.2) is 36.4 Å². The molecule has 0 rings (SSSR count). The third kappa shape index (κ3) is 36.0. The third-order valence-corrected chi connectivity index (χ3v) is 9.87. The predicted octanol–water partition coefficient (Wildman–Crippen LogP) is 12.8. The smallest absolute Gasteiger partial charge is 0.306 e. The van der Waals surface area contributed by atoms with Gasteiger partial charge < -0.3 is 14.6 Å². The summed E-state index contributed by atoms with van der Waals surface area (Å²) in [6.45, 7) is 8.87. The first-order valence-electron chi connectivity index (χ1n) is 20.8. The molecule has 1 unspecified atom stereocenters. The average Bonchev–Trinajstić information content (AvgIpc) is 3.06. The van der Waals surface area contributed by atoms with Crippen molar-refractivity contribution in [3.63, 3.8) is 0 Å². The van der Waals surface area contributed by atoms with Crippen molar-refractivity contribution in [3.05, 3.63) is 0 Å². The minimum atomic E-state index is -0.763. The van der Waals surface area contributed by atoms with Crippen molar-refractivity contribution in [1.82, 2.24) is 0 Å². The number of carbonyl (C=O) groups excluding carboxylic acids is 2. The van der Waals surface area contributed by atoms with E-state index in [2.05, 4.69) is 27.7 Å². The summed E-state index contributed by atoms with van der Waals surface area (Å²) < 4.78 is 10.6. The average molecular weight is 667 g/mol. The van der Waals surface area contributed by atoms with Crippen LogP contribution in [0.4, 0.5) is 0 Å². The molecule has 0 heterocycles. The van der Waals surface area contributed by atoms with Gasteiger partial charge in [0.15, 0.2) is 6.10 Å². The largest absolute Gasteiger partial charge is 0.462 e. The van der Waals surface area contributed by atoms with E-state index in [-0.39, 0.29) is 25.2 Å². The second-order valence-corrected chi connectivity index (χ2v) is 15.2. The Morgan fingerprint density at radius 2 is 0.830 bits per heavy atom. The Bertz CT molecular complexity index is 663. The molecule has 0 saturated heterocycles. The van der Waals surface area contributed by atoms with Crippen LogP contribution in [0, 0.1) is 11.8 Å². The number of rotatable bonds is 37. The zero-order valence-corrected chi connectivity index (χ0v) is 32.1. The van der Waals surface area contributed by atoms with Gasteiger partial charge in [-0.3, -0.25) is 9.59 Å². The zero-order valence-electron chi connectivity index (χ0n) is 32.1. The lowest BCUT2D eigenvalue weighted by Gasteiger charge is -2.15. The molecule has 0 spiro atoms. The highest BCUT2D eigenvalue weighted by Crippen LogP contribution is 2.17. The Morgan fingerprint density at radius 3 is 1.19 bits per heavy atom. The Balaban J connectivity index is 3.45. The molecule has 0 fully saturated rings. The predicted molar refractivity (Wildman–Crippen MR) is 201 cm³/mol. The summed E-state index contributed by atoms with van der Waals surface area (Å²) in [5, 5.41) is 9.54. The van der Waals surface area contributed by atoms with E-state index in [1.165, 1.54) is 154 Å². The number of carbonyl (C=O) groups is 2. The first kappa shape index (κ1) is 45.9. The molecule has 0 aromatic rings. The molecule has 0 aliphatic heterocycles. The Labute approximate surface area is 293 Å².